The van der Waals surface area contributed by atoms with Crippen molar-refractivity contribution in [2.24, 2.45) is 0 Å². The molecule has 0 saturated carbocycles. The van der Waals surface area contributed by atoms with Gasteiger partial charge in [-0.2, -0.15) is 0 Å². The third-order valence-corrected chi connectivity index (χ3v) is 5.94. The van der Waals surface area contributed by atoms with E-state index < -0.39 is 0 Å². The molecule has 0 N–H and O–H groups in total. The molecule has 5 nitrogen and oxygen atoms in total. The Morgan fingerprint density at radius 1 is 1.07 bits per heavy atom. The third-order valence-electron chi connectivity index (χ3n) is 3.71. The Bertz CT molecular complexity index is 921. The molecule has 0 amide bonds. The molecule has 2 heterocycles. The van der Waals surface area contributed by atoms with E-state index in [0.29, 0.717) is 12.3 Å². The zero-order chi connectivity index (χ0) is 19.2. The van der Waals surface area contributed by atoms with Gasteiger partial charge >= 0.3 is 0 Å². The van der Waals surface area contributed by atoms with E-state index in [1.807, 2.05) is 50.3 Å². The highest BCUT2D eigenvalue weighted by Gasteiger charge is 2.14. The Balaban J connectivity index is 1.72. The highest BCUT2D eigenvalue weighted by Crippen LogP contribution is 2.27. The summed E-state index contributed by atoms with van der Waals surface area (Å²) in [6.07, 6.45) is 1.85. The van der Waals surface area contributed by atoms with Gasteiger partial charge in [0.25, 0.3) is 0 Å². The van der Waals surface area contributed by atoms with Crippen LogP contribution in [0.15, 0.2) is 53.3 Å². The lowest BCUT2D eigenvalue weighted by molar-refractivity contribution is 0.700. The van der Waals surface area contributed by atoms with E-state index in [9.17, 15) is 0 Å². The number of allylic oxidation sites excluding steroid dienone is 1. The minimum atomic E-state index is 0.649. The van der Waals surface area contributed by atoms with Crippen LogP contribution in [0.1, 0.15) is 22.8 Å². The van der Waals surface area contributed by atoms with Crippen molar-refractivity contribution in [1.82, 2.24) is 24.7 Å². The number of aromatic nitrogens is 5. The first kappa shape index (κ1) is 19.9. The Hall–Kier alpha value is -1.83. The smallest absolute Gasteiger partial charge is 0.191 e. The lowest BCUT2D eigenvalue weighted by atomic mass is 10.2. The number of nitrogens with zero attached hydrogens (tertiary/aromatic N) is 5. The standard InChI is InChI=1S/C19H20ClN5S2/c1-4-9-25-17(12-26-18-21-13(2)10-14(3)22-18)23-24-19(25)27-11-15-7-5-6-8-16(15)20/h4-8,10H,1,9,11-12H2,2-3H3. The topological polar surface area (TPSA) is 56.5 Å². The van der Waals surface area contributed by atoms with E-state index in [1.54, 1.807) is 23.5 Å². The molecule has 27 heavy (non-hydrogen) atoms. The molecule has 0 bridgehead atoms. The van der Waals surface area contributed by atoms with Crippen LogP contribution in [0.4, 0.5) is 0 Å². The molecule has 0 aliphatic carbocycles. The quantitative estimate of drug-likeness (QED) is 0.288. The van der Waals surface area contributed by atoms with E-state index in [0.717, 1.165) is 43.9 Å². The zero-order valence-corrected chi connectivity index (χ0v) is 17.6. The molecule has 0 radical (unpaired) electrons. The normalized spacial score (nSPS) is 10.9. The highest BCUT2D eigenvalue weighted by atomic mass is 35.5. The number of rotatable bonds is 8. The van der Waals surface area contributed by atoms with Crippen molar-refractivity contribution >= 4 is 35.1 Å². The molecule has 8 heteroatoms. The van der Waals surface area contributed by atoms with Crippen LogP contribution < -0.4 is 0 Å². The maximum atomic E-state index is 6.25. The second kappa shape index (κ2) is 9.39. The fourth-order valence-corrected chi connectivity index (χ4v) is 4.63. The van der Waals surface area contributed by atoms with Crippen LogP contribution in [-0.4, -0.2) is 24.7 Å². The van der Waals surface area contributed by atoms with E-state index >= 15 is 0 Å². The van der Waals surface area contributed by atoms with E-state index in [1.165, 1.54) is 0 Å². The molecule has 0 spiro atoms. The molecule has 0 fully saturated rings. The van der Waals surface area contributed by atoms with Gasteiger partial charge in [-0.1, -0.05) is 59.4 Å². The summed E-state index contributed by atoms with van der Waals surface area (Å²) in [6.45, 7) is 8.46. The zero-order valence-electron chi connectivity index (χ0n) is 15.2. The molecule has 1 aromatic carbocycles. The van der Waals surface area contributed by atoms with Crippen molar-refractivity contribution in [2.75, 3.05) is 0 Å². The monoisotopic (exact) mass is 417 g/mol. The second-order valence-corrected chi connectivity index (χ2v) is 8.19. The molecule has 3 rings (SSSR count). The van der Waals surface area contributed by atoms with Crippen LogP contribution >= 0.6 is 35.1 Å². The van der Waals surface area contributed by atoms with Crippen molar-refractivity contribution in [2.45, 2.75) is 42.2 Å². The first-order valence-corrected chi connectivity index (χ1v) is 10.8. The van der Waals surface area contributed by atoms with Gasteiger partial charge in [-0.25, -0.2) is 9.97 Å². The van der Waals surface area contributed by atoms with Crippen LogP contribution in [0.25, 0.3) is 0 Å². The summed E-state index contributed by atoms with van der Waals surface area (Å²) < 4.78 is 2.07. The summed E-state index contributed by atoms with van der Waals surface area (Å²) in [4.78, 5) is 8.94. The van der Waals surface area contributed by atoms with E-state index in [2.05, 4.69) is 31.3 Å². The third kappa shape index (κ3) is 5.34. The summed E-state index contributed by atoms with van der Waals surface area (Å²) in [6, 6.07) is 9.81. The number of benzene rings is 1. The summed E-state index contributed by atoms with van der Waals surface area (Å²) in [7, 11) is 0. The van der Waals surface area contributed by atoms with Crippen LogP contribution in [0.3, 0.4) is 0 Å². The lowest BCUT2D eigenvalue weighted by Crippen LogP contribution is -2.03. The molecule has 140 valence electrons. The van der Waals surface area contributed by atoms with Gasteiger partial charge in [-0.3, -0.25) is 0 Å². The maximum Gasteiger partial charge on any atom is 0.191 e. The number of hydrogen-bond acceptors (Lipinski definition) is 6. The summed E-state index contributed by atoms with van der Waals surface area (Å²) in [5, 5.41) is 11.1. The van der Waals surface area contributed by atoms with Crippen LogP contribution in [0.2, 0.25) is 5.02 Å². The largest absolute Gasteiger partial charge is 0.301 e. The first-order valence-electron chi connectivity index (χ1n) is 8.41. The molecule has 0 atom stereocenters. The predicted molar refractivity (Wildman–Crippen MR) is 112 cm³/mol. The molecular formula is C19H20ClN5S2. The minimum Gasteiger partial charge on any atom is -0.301 e. The fraction of sp³-hybridized carbons (Fsp3) is 0.263. The van der Waals surface area contributed by atoms with Crippen molar-refractivity contribution < 1.29 is 0 Å². The molecule has 0 unspecified atom stereocenters. The molecule has 0 aliphatic rings. The van der Waals surface area contributed by atoms with Crippen LogP contribution in [-0.2, 0) is 18.1 Å². The average Bonchev–Trinajstić information content (AvgIpc) is 3.01. The molecule has 0 saturated heterocycles. The van der Waals surface area contributed by atoms with Gasteiger partial charge in [0.05, 0.1) is 5.75 Å². The number of thioether (sulfide) groups is 2. The average molecular weight is 418 g/mol. The summed E-state index contributed by atoms with van der Waals surface area (Å²) in [5.74, 6) is 2.27. The lowest BCUT2D eigenvalue weighted by Gasteiger charge is -2.08. The summed E-state index contributed by atoms with van der Waals surface area (Å²) in [5.41, 5.74) is 3.01. The van der Waals surface area contributed by atoms with E-state index in [4.69, 9.17) is 11.6 Å². The van der Waals surface area contributed by atoms with Crippen molar-refractivity contribution in [1.29, 1.82) is 0 Å². The second-order valence-electron chi connectivity index (χ2n) is 5.90. The first-order chi connectivity index (χ1) is 13.1. The molecule has 2 aromatic heterocycles. The van der Waals surface area contributed by atoms with Gasteiger partial charge in [-0.15, -0.1) is 16.8 Å². The Kier molecular flexibility index (Phi) is 6.93. The van der Waals surface area contributed by atoms with Crippen molar-refractivity contribution in [3.8, 4) is 0 Å². The Morgan fingerprint density at radius 3 is 2.52 bits per heavy atom. The predicted octanol–water partition coefficient (Wildman–Crippen LogP) is 5.11. The Labute approximate surface area is 172 Å². The van der Waals surface area contributed by atoms with Gasteiger partial charge in [0.2, 0.25) is 0 Å². The number of halogens is 1. The van der Waals surface area contributed by atoms with Gasteiger partial charge in [-0.05, 0) is 31.5 Å². The molecule has 0 aliphatic heterocycles. The Morgan fingerprint density at radius 2 is 1.81 bits per heavy atom. The van der Waals surface area contributed by atoms with Crippen LogP contribution in [0, 0.1) is 13.8 Å². The fourth-order valence-electron chi connectivity index (χ4n) is 2.49. The SMILES string of the molecule is C=CCn1c(CSc2nc(C)cc(C)n2)nnc1SCc1ccccc1Cl. The van der Waals surface area contributed by atoms with Gasteiger partial charge in [0, 0.05) is 28.7 Å². The van der Waals surface area contributed by atoms with Crippen LogP contribution in [0.5, 0.6) is 0 Å². The van der Waals surface area contributed by atoms with E-state index in [-0.39, 0.29) is 0 Å². The van der Waals surface area contributed by atoms with Gasteiger partial charge in [0.1, 0.15) is 5.82 Å². The van der Waals surface area contributed by atoms with Crippen molar-refractivity contribution in [3.05, 3.63) is 70.8 Å². The van der Waals surface area contributed by atoms with Gasteiger partial charge < -0.3 is 4.57 Å². The molecular weight excluding hydrogens is 398 g/mol. The number of aryl methyl sites for hydroxylation is 2. The maximum absolute atomic E-state index is 6.25. The minimum absolute atomic E-state index is 0.649. The summed E-state index contributed by atoms with van der Waals surface area (Å²) >= 11 is 9.43. The number of hydrogen-bond donors (Lipinski definition) is 0. The highest BCUT2D eigenvalue weighted by molar-refractivity contribution is 7.98. The van der Waals surface area contributed by atoms with Gasteiger partial charge in [0.15, 0.2) is 10.3 Å². The van der Waals surface area contributed by atoms with Crippen molar-refractivity contribution in [3.63, 3.8) is 0 Å². The molecule has 3 aromatic rings.